The Kier molecular flexibility index (Phi) is 4.83. The van der Waals surface area contributed by atoms with Crippen LogP contribution in [-0.4, -0.2) is 16.2 Å². The zero-order valence-corrected chi connectivity index (χ0v) is 15.4. The molecule has 1 heterocycles. The lowest BCUT2D eigenvalue weighted by Gasteiger charge is -2.12. The molecule has 0 aliphatic carbocycles. The average Bonchev–Trinajstić information content (AvgIpc) is 3.01. The molecule has 0 saturated heterocycles. The van der Waals surface area contributed by atoms with E-state index in [-0.39, 0.29) is 0 Å². The summed E-state index contributed by atoms with van der Waals surface area (Å²) in [4.78, 5) is 4.78. The first kappa shape index (κ1) is 17.0. The number of halogens is 2. The quantitative estimate of drug-likeness (QED) is 0.417. The number of benzene rings is 3. The molecule has 0 fully saturated rings. The van der Waals surface area contributed by atoms with Crippen molar-refractivity contribution in [1.82, 2.24) is 9.55 Å². The Bertz CT molecular complexity index is 1040. The van der Waals surface area contributed by atoms with E-state index in [1.54, 1.807) is 6.07 Å². The van der Waals surface area contributed by atoms with Gasteiger partial charge in [-0.25, -0.2) is 4.98 Å². The molecule has 5 heteroatoms. The van der Waals surface area contributed by atoms with E-state index in [1.165, 1.54) is 0 Å². The van der Waals surface area contributed by atoms with Crippen molar-refractivity contribution in [3.8, 4) is 17.1 Å². The van der Waals surface area contributed by atoms with Crippen molar-refractivity contribution in [3.63, 3.8) is 0 Å². The summed E-state index contributed by atoms with van der Waals surface area (Å²) in [6.45, 7) is 1.19. The van der Waals surface area contributed by atoms with Crippen LogP contribution in [0.4, 0.5) is 0 Å². The van der Waals surface area contributed by atoms with E-state index in [0.717, 1.165) is 28.2 Å². The van der Waals surface area contributed by atoms with E-state index < -0.39 is 0 Å². The van der Waals surface area contributed by atoms with Gasteiger partial charge in [-0.2, -0.15) is 0 Å². The van der Waals surface area contributed by atoms with Crippen LogP contribution in [0.15, 0.2) is 72.8 Å². The van der Waals surface area contributed by atoms with Crippen molar-refractivity contribution in [2.45, 2.75) is 6.54 Å². The predicted molar refractivity (Wildman–Crippen MR) is 107 cm³/mol. The smallest absolute Gasteiger partial charge is 0.142 e. The summed E-state index contributed by atoms with van der Waals surface area (Å²) in [5, 5.41) is 1.19. The molecule has 3 nitrogen and oxygen atoms in total. The largest absolute Gasteiger partial charge is 0.492 e. The minimum absolute atomic E-state index is 0.530. The fraction of sp³-hybridized carbons (Fsp3) is 0.0952. The molecule has 4 rings (SSSR count). The molecule has 0 aliphatic heterocycles. The Morgan fingerprint density at radius 1 is 0.885 bits per heavy atom. The fourth-order valence-electron chi connectivity index (χ4n) is 2.95. The van der Waals surface area contributed by atoms with Crippen LogP contribution >= 0.6 is 23.2 Å². The summed E-state index contributed by atoms with van der Waals surface area (Å²) in [7, 11) is 0. The van der Waals surface area contributed by atoms with Gasteiger partial charge >= 0.3 is 0 Å². The van der Waals surface area contributed by atoms with Gasteiger partial charge in [0.1, 0.15) is 18.2 Å². The standard InChI is InChI=1S/C21H16Cl2N2O/c22-15-10-11-17(18(23)14-15)21-24-19-8-4-5-9-20(19)25(21)12-13-26-16-6-2-1-3-7-16/h1-11,14H,12-13H2. The summed E-state index contributed by atoms with van der Waals surface area (Å²) in [6, 6.07) is 23.3. The molecule has 1 aromatic heterocycles. The number of fused-ring (bicyclic) bond motifs is 1. The SMILES string of the molecule is Clc1ccc(-c2nc3ccccc3n2CCOc2ccccc2)c(Cl)c1. The molecule has 0 unspecified atom stereocenters. The first-order chi connectivity index (χ1) is 12.7. The number of aromatic nitrogens is 2. The van der Waals surface area contributed by atoms with Crippen LogP contribution in [0.3, 0.4) is 0 Å². The third-order valence-electron chi connectivity index (χ3n) is 4.15. The maximum Gasteiger partial charge on any atom is 0.142 e. The lowest BCUT2D eigenvalue weighted by Crippen LogP contribution is -2.09. The Hall–Kier alpha value is -2.49. The second kappa shape index (κ2) is 7.40. The van der Waals surface area contributed by atoms with Crippen LogP contribution in [0, 0.1) is 0 Å². The zero-order chi connectivity index (χ0) is 17.9. The molecule has 0 saturated carbocycles. The van der Waals surface area contributed by atoms with Gasteiger partial charge in [-0.15, -0.1) is 0 Å². The first-order valence-corrected chi connectivity index (χ1v) is 9.06. The number of rotatable bonds is 5. The highest BCUT2D eigenvalue weighted by atomic mass is 35.5. The second-order valence-electron chi connectivity index (χ2n) is 5.86. The Labute approximate surface area is 161 Å². The molecule has 0 bridgehead atoms. The van der Waals surface area contributed by atoms with Gasteiger partial charge in [0.15, 0.2) is 0 Å². The average molecular weight is 383 g/mol. The van der Waals surface area contributed by atoms with Gasteiger partial charge in [0, 0.05) is 10.6 Å². The summed E-state index contributed by atoms with van der Waals surface area (Å²) >= 11 is 12.5. The molecule has 130 valence electrons. The van der Waals surface area contributed by atoms with Crippen molar-refractivity contribution in [1.29, 1.82) is 0 Å². The maximum atomic E-state index is 6.42. The Morgan fingerprint density at radius 2 is 1.65 bits per heavy atom. The predicted octanol–water partition coefficient (Wildman–Crippen LogP) is 6.09. The summed E-state index contributed by atoms with van der Waals surface area (Å²) in [6.07, 6.45) is 0. The summed E-state index contributed by atoms with van der Waals surface area (Å²) < 4.78 is 8.00. The minimum atomic E-state index is 0.530. The van der Waals surface area contributed by atoms with Gasteiger partial charge in [-0.3, -0.25) is 0 Å². The van der Waals surface area contributed by atoms with Gasteiger partial charge in [0.25, 0.3) is 0 Å². The number of para-hydroxylation sites is 3. The zero-order valence-electron chi connectivity index (χ0n) is 13.9. The van der Waals surface area contributed by atoms with Crippen LogP contribution in [0.2, 0.25) is 10.0 Å². The van der Waals surface area contributed by atoms with Crippen LogP contribution < -0.4 is 4.74 Å². The molecule has 0 radical (unpaired) electrons. The third kappa shape index (κ3) is 3.41. The maximum absolute atomic E-state index is 6.42. The summed E-state index contributed by atoms with van der Waals surface area (Å²) in [5.41, 5.74) is 2.82. The molecule has 0 aliphatic rings. The fourth-order valence-corrected chi connectivity index (χ4v) is 3.44. The second-order valence-corrected chi connectivity index (χ2v) is 6.71. The first-order valence-electron chi connectivity index (χ1n) is 8.31. The van der Waals surface area contributed by atoms with Gasteiger partial charge in [-0.05, 0) is 42.5 Å². The molecule has 26 heavy (non-hydrogen) atoms. The van der Waals surface area contributed by atoms with Gasteiger partial charge in [-0.1, -0.05) is 53.5 Å². The molecular weight excluding hydrogens is 367 g/mol. The third-order valence-corrected chi connectivity index (χ3v) is 4.70. The Morgan fingerprint density at radius 3 is 2.46 bits per heavy atom. The van der Waals surface area contributed by atoms with E-state index in [1.807, 2.05) is 60.7 Å². The van der Waals surface area contributed by atoms with E-state index >= 15 is 0 Å². The summed E-state index contributed by atoms with van der Waals surface area (Å²) in [5.74, 6) is 1.66. The minimum Gasteiger partial charge on any atom is -0.492 e. The van der Waals surface area contributed by atoms with E-state index in [0.29, 0.717) is 23.2 Å². The molecule has 0 spiro atoms. The number of hydrogen-bond acceptors (Lipinski definition) is 2. The highest BCUT2D eigenvalue weighted by molar-refractivity contribution is 6.36. The molecule has 0 atom stereocenters. The molecule has 0 amide bonds. The monoisotopic (exact) mass is 382 g/mol. The van der Waals surface area contributed by atoms with Crippen molar-refractivity contribution < 1.29 is 4.74 Å². The van der Waals surface area contributed by atoms with Crippen molar-refractivity contribution in [2.75, 3.05) is 6.61 Å². The lowest BCUT2D eigenvalue weighted by molar-refractivity contribution is 0.301. The topological polar surface area (TPSA) is 27.1 Å². The number of nitrogens with zero attached hydrogens (tertiary/aromatic N) is 2. The van der Waals surface area contributed by atoms with Gasteiger partial charge in [0.05, 0.1) is 22.6 Å². The molecule has 4 aromatic rings. The van der Waals surface area contributed by atoms with Crippen LogP contribution in [0.5, 0.6) is 5.75 Å². The number of ether oxygens (including phenoxy) is 1. The van der Waals surface area contributed by atoms with E-state index in [2.05, 4.69) is 10.6 Å². The van der Waals surface area contributed by atoms with Gasteiger partial charge < -0.3 is 9.30 Å². The molecule has 3 aromatic carbocycles. The van der Waals surface area contributed by atoms with Crippen LogP contribution in [0.1, 0.15) is 0 Å². The van der Waals surface area contributed by atoms with Crippen molar-refractivity contribution >= 4 is 34.2 Å². The van der Waals surface area contributed by atoms with Gasteiger partial charge in [0.2, 0.25) is 0 Å². The van der Waals surface area contributed by atoms with Crippen LogP contribution in [-0.2, 0) is 6.54 Å². The highest BCUT2D eigenvalue weighted by Gasteiger charge is 2.15. The van der Waals surface area contributed by atoms with Crippen LogP contribution in [0.25, 0.3) is 22.4 Å². The number of hydrogen-bond donors (Lipinski definition) is 0. The number of imidazole rings is 1. The van der Waals surface area contributed by atoms with E-state index in [9.17, 15) is 0 Å². The van der Waals surface area contributed by atoms with E-state index in [4.69, 9.17) is 32.9 Å². The van der Waals surface area contributed by atoms with Crippen molar-refractivity contribution in [3.05, 3.63) is 82.8 Å². The molecular formula is C21H16Cl2N2O. The lowest BCUT2D eigenvalue weighted by atomic mass is 10.2. The van der Waals surface area contributed by atoms with Crippen molar-refractivity contribution in [2.24, 2.45) is 0 Å². The Balaban J connectivity index is 1.70. The highest BCUT2D eigenvalue weighted by Crippen LogP contribution is 2.32. The normalized spacial score (nSPS) is 11.0. The molecule has 0 N–H and O–H groups in total.